The molecule has 0 radical (unpaired) electrons. The van der Waals surface area contributed by atoms with Crippen molar-refractivity contribution in [3.63, 3.8) is 0 Å². The van der Waals surface area contributed by atoms with Crippen LogP contribution < -0.4 is 0 Å². The zero-order valence-electron chi connectivity index (χ0n) is 20.1. The number of likely N-dealkylation sites (N-methyl/N-ethyl adjacent to an activating group) is 1. The van der Waals surface area contributed by atoms with Gasteiger partial charge in [0.1, 0.15) is 17.3 Å². The first-order valence-electron chi connectivity index (χ1n) is 11.4. The summed E-state index contributed by atoms with van der Waals surface area (Å²) in [6.07, 6.45) is -1.70. The molecular weight excluding hydrogens is 498 g/mol. The van der Waals surface area contributed by atoms with E-state index < -0.39 is 12.1 Å². The van der Waals surface area contributed by atoms with E-state index in [0.29, 0.717) is 25.3 Å². The van der Waals surface area contributed by atoms with Crippen molar-refractivity contribution in [1.29, 1.82) is 0 Å². The summed E-state index contributed by atoms with van der Waals surface area (Å²) in [4.78, 5) is 25.9. The minimum atomic E-state index is -5.08. The lowest BCUT2D eigenvalue weighted by Crippen LogP contribution is -2.56. The number of likely N-dealkylation sites (tertiary alicyclic amines) is 1. The van der Waals surface area contributed by atoms with E-state index >= 15 is 0 Å². The van der Waals surface area contributed by atoms with E-state index in [1.165, 1.54) is 12.1 Å². The van der Waals surface area contributed by atoms with E-state index in [9.17, 15) is 22.4 Å². The predicted molar refractivity (Wildman–Crippen MR) is 122 cm³/mol. The molecule has 0 saturated carbocycles. The van der Waals surface area contributed by atoms with Crippen molar-refractivity contribution in [2.45, 2.75) is 31.1 Å². The number of carbonyl (C=O) groups is 2. The van der Waals surface area contributed by atoms with Crippen molar-refractivity contribution in [2.24, 2.45) is 7.05 Å². The third kappa shape index (κ3) is 5.48. The average molecular weight is 523 g/mol. The van der Waals surface area contributed by atoms with E-state index in [0.717, 1.165) is 36.6 Å². The van der Waals surface area contributed by atoms with Crippen LogP contribution in [0.5, 0.6) is 0 Å². The number of aromatic nitrogens is 5. The molecule has 10 nitrogen and oxygen atoms in total. The van der Waals surface area contributed by atoms with Gasteiger partial charge in [-0.1, -0.05) is 0 Å². The number of carbonyl (C=O) groups excluding carboxylic acids is 1. The van der Waals surface area contributed by atoms with Crippen molar-refractivity contribution in [3.8, 4) is 11.4 Å². The van der Waals surface area contributed by atoms with Gasteiger partial charge in [0.05, 0.1) is 12.1 Å². The number of fused-ring (bicyclic) bond motifs is 2. The normalized spacial score (nSPS) is 17.2. The first-order chi connectivity index (χ1) is 17.4. The molecule has 1 aromatic carbocycles. The van der Waals surface area contributed by atoms with Crippen LogP contribution in [0, 0.1) is 5.82 Å². The highest BCUT2D eigenvalue weighted by molar-refractivity contribution is 5.92. The molecule has 0 atom stereocenters. The van der Waals surface area contributed by atoms with Crippen LogP contribution in [0.15, 0.2) is 36.5 Å². The Morgan fingerprint density at radius 1 is 1.03 bits per heavy atom. The lowest BCUT2D eigenvalue weighted by atomic mass is 9.84. The molecule has 37 heavy (non-hydrogen) atoms. The van der Waals surface area contributed by atoms with Crippen LogP contribution in [0.2, 0.25) is 0 Å². The number of rotatable bonds is 2. The highest BCUT2D eigenvalue weighted by Crippen LogP contribution is 2.39. The maximum Gasteiger partial charge on any atom is 0.490 e. The van der Waals surface area contributed by atoms with Gasteiger partial charge in [0.15, 0.2) is 5.82 Å². The zero-order valence-corrected chi connectivity index (χ0v) is 20.1. The predicted octanol–water partition coefficient (Wildman–Crippen LogP) is 2.53. The average Bonchev–Trinajstić information content (AvgIpc) is 3.46. The first kappa shape index (κ1) is 26.3. The lowest BCUT2D eigenvalue weighted by Gasteiger charge is -2.48. The number of halogens is 4. The number of aryl methyl sites for hydroxylation is 1. The van der Waals surface area contributed by atoms with E-state index in [1.54, 1.807) is 29.1 Å². The molecule has 14 heteroatoms. The molecular formula is C23H25F4N7O3. The minimum Gasteiger partial charge on any atom is -0.475 e. The van der Waals surface area contributed by atoms with Crippen molar-refractivity contribution in [2.75, 3.05) is 26.7 Å². The van der Waals surface area contributed by atoms with Gasteiger partial charge < -0.3 is 14.6 Å². The molecule has 3 aromatic rings. The molecule has 5 rings (SSSR count). The summed E-state index contributed by atoms with van der Waals surface area (Å²) in [7, 11) is 3.90. The summed E-state index contributed by atoms with van der Waals surface area (Å²) in [6.45, 7) is 2.86. The number of piperidine rings is 1. The number of hydrogen-bond acceptors (Lipinski definition) is 6. The van der Waals surface area contributed by atoms with Gasteiger partial charge in [-0.2, -0.15) is 18.3 Å². The highest BCUT2D eigenvalue weighted by atomic mass is 19.4. The Morgan fingerprint density at radius 3 is 2.19 bits per heavy atom. The monoisotopic (exact) mass is 523 g/mol. The molecule has 1 spiro atoms. The van der Waals surface area contributed by atoms with Crippen LogP contribution in [0.25, 0.3) is 11.4 Å². The number of benzene rings is 1. The smallest absolute Gasteiger partial charge is 0.475 e. The van der Waals surface area contributed by atoms with Crippen LogP contribution >= 0.6 is 0 Å². The molecule has 2 aromatic heterocycles. The molecule has 1 saturated heterocycles. The van der Waals surface area contributed by atoms with E-state index in [2.05, 4.69) is 31.8 Å². The quantitative estimate of drug-likeness (QED) is 0.514. The first-order valence-corrected chi connectivity index (χ1v) is 11.4. The van der Waals surface area contributed by atoms with Crippen molar-refractivity contribution in [3.05, 3.63) is 53.9 Å². The molecule has 0 unspecified atom stereocenters. The fraction of sp³-hybridized carbons (Fsp3) is 0.435. The van der Waals surface area contributed by atoms with Gasteiger partial charge in [0, 0.05) is 38.4 Å². The van der Waals surface area contributed by atoms with Crippen molar-refractivity contribution >= 4 is 11.9 Å². The standard InChI is InChI=1S/C21H24FN7O.C2HF3O2/c1-26-13-18-23-24-19(15-3-5-16(22)6-4-15)29(18)21(14-26)8-11-28(12-9-21)20(30)17-7-10-27(2)25-17;3-2(4,5)1(6)7/h3-7,10H,8-9,11-14H2,1-2H3;(H,6,7). The molecule has 1 amide bonds. The van der Waals surface area contributed by atoms with Gasteiger partial charge in [-0.3, -0.25) is 14.4 Å². The van der Waals surface area contributed by atoms with Gasteiger partial charge in [0.25, 0.3) is 5.91 Å². The van der Waals surface area contributed by atoms with Crippen LogP contribution in [-0.2, 0) is 23.9 Å². The summed E-state index contributed by atoms with van der Waals surface area (Å²) in [5.74, 6) is -1.38. The van der Waals surface area contributed by atoms with Crippen molar-refractivity contribution < 1.29 is 32.3 Å². The number of carboxylic acid groups (broad SMARTS) is 1. The number of carboxylic acids is 1. The van der Waals surface area contributed by atoms with Crippen LogP contribution in [0.1, 0.15) is 29.2 Å². The molecule has 1 fully saturated rings. The molecule has 1 N–H and O–H groups in total. The summed E-state index contributed by atoms with van der Waals surface area (Å²) < 4.78 is 49.1. The number of hydrogen-bond donors (Lipinski definition) is 1. The molecule has 2 aliphatic rings. The SMILES string of the molecule is CN1Cc2nnc(-c3ccc(F)cc3)n2C2(CCN(C(=O)c3ccn(C)n3)CC2)C1.O=C(O)C(F)(F)F. The maximum absolute atomic E-state index is 13.4. The van der Waals surface area contributed by atoms with Gasteiger partial charge >= 0.3 is 12.1 Å². The second-order valence-corrected chi connectivity index (χ2v) is 9.15. The van der Waals surface area contributed by atoms with Crippen LogP contribution in [0.3, 0.4) is 0 Å². The third-order valence-electron chi connectivity index (χ3n) is 6.44. The van der Waals surface area contributed by atoms with E-state index in [1.807, 2.05) is 11.9 Å². The Bertz CT molecular complexity index is 1280. The second-order valence-electron chi connectivity index (χ2n) is 9.15. The number of alkyl halides is 3. The highest BCUT2D eigenvalue weighted by Gasteiger charge is 2.44. The molecule has 2 aliphatic heterocycles. The summed E-state index contributed by atoms with van der Waals surface area (Å²) >= 11 is 0. The molecule has 198 valence electrons. The second kappa shape index (κ2) is 9.92. The van der Waals surface area contributed by atoms with Crippen LogP contribution in [-0.4, -0.2) is 84.2 Å². The topological polar surface area (TPSA) is 109 Å². The molecule has 0 aliphatic carbocycles. The van der Waals surface area contributed by atoms with Gasteiger partial charge in [-0.15, -0.1) is 10.2 Å². The third-order valence-corrected chi connectivity index (χ3v) is 6.44. The number of nitrogens with zero attached hydrogens (tertiary/aromatic N) is 7. The summed E-state index contributed by atoms with van der Waals surface area (Å²) in [5, 5.41) is 20.3. The lowest BCUT2D eigenvalue weighted by molar-refractivity contribution is -0.192. The van der Waals surface area contributed by atoms with Crippen molar-refractivity contribution in [1.82, 2.24) is 34.3 Å². The van der Waals surface area contributed by atoms with Gasteiger partial charge in [-0.05, 0) is 50.2 Å². The Kier molecular flexibility index (Phi) is 7.04. The fourth-order valence-electron chi connectivity index (χ4n) is 4.77. The maximum atomic E-state index is 13.4. The fourth-order valence-corrected chi connectivity index (χ4v) is 4.77. The zero-order chi connectivity index (χ0) is 27.0. The number of amides is 1. The minimum absolute atomic E-state index is 0.0302. The largest absolute Gasteiger partial charge is 0.490 e. The Morgan fingerprint density at radius 2 is 1.65 bits per heavy atom. The Hall–Kier alpha value is -3.81. The Balaban J connectivity index is 0.000000405. The molecule has 4 heterocycles. The summed E-state index contributed by atoms with van der Waals surface area (Å²) in [6, 6.07) is 8.15. The van der Waals surface area contributed by atoms with Gasteiger partial charge in [-0.25, -0.2) is 9.18 Å². The van der Waals surface area contributed by atoms with Crippen LogP contribution in [0.4, 0.5) is 17.6 Å². The van der Waals surface area contributed by atoms with E-state index in [-0.39, 0.29) is 17.3 Å². The van der Waals surface area contributed by atoms with E-state index in [4.69, 9.17) is 9.90 Å². The number of aliphatic carboxylic acids is 1. The summed E-state index contributed by atoms with van der Waals surface area (Å²) in [5.41, 5.74) is 1.13. The molecule has 0 bridgehead atoms. The Labute approximate surface area is 209 Å². The van der Waals surface area contributed by atoms with Gasteiger partial charge in [0.2, 0.25) is 0 Å².